The normalized spacial score (nSPS) is 17.3. The third-order valence-corrected chi connectivity index (χ3v) is 4.49. The van der Waals surface area contributed by atoms with E-state index in [2.05, 4.69) is 29.4 Å². The number of rotatable bonds is 8. The second-order valence-electron chi connectivity index (χ2n) is 6.32. The van der Waals surface area contributed by atoms with E-state index in [1.807, 2.05) is 0 Å². The maximum Gasteiger partial charge on any atom is 0.313 e. The Balaban J connectivity index is 1.75. The van der Waals surface area contributed by atoms with Gasteiger partial charge < -0.3 is 15.4 Å². The van der Waals surface area contributed by atoms with Gasteiger partial charge in [-0.15, -0.1) is 0 Å². The van der Waals surface area contributed by atoms with Crippen LogP contribution in [0.1, 0.15) is 39.5 Å². The Kier molecular flexibility index (Phi) is 7.73. The third kappa shape index (κ3) is 6.05. The van der Waals surface area contributed by atoms with Crippen molar-refractivity contribution in [3.8, 4) is 5.75 Å². The van der Waals surface area contributed by atoms with E-state index >= 15 is 0 Å². The third-order valence-electron chi connectivity index (χ3n) is 4.49. The quantitative estimate of drug-likeness (QED) is 0.560. The van der Waals surface area contributed by atoms with Gasteiger partial charge >= 0.3 is 11.8 Å². The average Bonchev–Trinajstić information content (AvgIpc) is 3.09. The van der Waals surface area contributed by atoms with Crippen molar-refractivity contribution in [1.29, 1.82) is 0 Å². The predicted octanol–water partition coefficient (Wildman–Crippen LogP) is 2.40. The van der Waals surface area contributed by atoms with Crippen LogP contribution in [0.4, 0.5) is 5.69 Å². The molecule has 25 heavy (non-hydrogen) atoms. The van der Waals surface area contributed by atoms with Gasteiger partial charge in [0, 0.05) is 18.3 Å². The van der Waals surface area contributed by atoms with E-state index in [0.717, 1.165) is 44.5 Å². The molecule has 0 unspecified atom stereocenters. The summed E-state index contributed by atoms with van der Waals surface area (Å²) < 4.78 is 5.57. The van der Waals surface area contributed by atoms with E-state index in [1.165, 1.54) is 0 Å². The van der Waals surface area contributed by atoms with E-state index in [0.29, 0.717) is 24.9 Å². The molecule has 1 aliphatic heterocycles. The summed E-state index contributed by atoms with van der Waals surface area (Å²) in [5, 5.41) is 5.35. The second-order valence-corrected chi connectivity index (χ2v) is 6.32. The van der Waals surface area contributed by atoms with E-state index in [4.69, 9.17) is 4.74 Å². The number of carbonyl (C=O) groups is 2. The van der Waals surface area contributed by atoms with E-state index < -0.39 is 11.8 Å². The first-order valence-corrected chi connectivity index (χ1v) is 9.20. The number of likely N-dealkylation sites (tertiary alicyclic amines) is 1. The zero-order chi connectivity index (χ0) is 18.1. The second kappa shape index (κ2) is 10.0. The van der Waals surface area contributed by atoms with Crippen molar-refractivity contribution < 1.29 is 14.3 Å². The van der Waals surface area contributed by atoms with E-state index in [-0.39, 0.29) is 0 Å². The average molecular weight is 347 g/mol. The molecule has 138 valence electrons. The molecule has 1 fully saturated rings. The highest BCUT2D eigenvalue weighted by Crippen LogP contribution is 2.17. The summed E-state index contributed by atoms with van der Waals surface area (Å²) in [4.78, 5) is 26.3. The Morgan fingerprint density at radius 1 is 1.20 bits per heavy atom. The molecule has 0 bridgehead atoms. The maximum atomic E-state index is 12.0. The molecule has 6 heteroatoms. The molecule has 0 aromatic heterocycles. The van der Waals surface area contributed by atoms with Crippen LogP contribution in [0.15, 0.2) is 24.3 Å². The lowest BCUT2D eigenvalue weighted by Crippen LogP contribution is -2.43. The van der Waals surface area contributed by atoms with Crippen LogP contribution < -0.4 is 15.4 Å². The fourth-order valence-corrected chi connectivity index (χ4v) is 2.99. The molecule has 1 saturated heterocycles. The zero-order valence-corrected chi connectivity index (χ0v) is 15.2. The van der Waals surface area contributed by atoms with E-state index in [9.17, 15) is 9.59 Å². The Bertz CT molecular complexity index is 560. The SMILES string of the molecule is CCCCOc1ccc(NC(=O)C(=O)NC[C@H]2CCCN2CC)cc1. The number of anilines is 1. The number of hydrogen-bond acceptors (Lipinski definition) is 4. The number of ether oxygens (including phenoxy) is 1. The fraction of sp³-hybridized carbons (Fsp3) is 0.579. The highest BCUT2D eigenvalue weighted by atomic mass is 16.5. The first-order valence-electron chi connectivity index (χ1n) is 9.20. The predicted molar refractivity (Wildman–Crippen MR) is 98.8 cm³/mol. The standard InChI is InChI=1S/C19H29N3O3/c1-3-5-13-25-17-10-8-15(9-11-17)21-19(24)18(23)20-14-16-7-6-12-22(16)4-2/h8-11,16H,3-7,12-14H2,1-2H3,(H,20,23)(H,21,24)/t16-/m1/s1. The van der Waals surface area contributed by atoms with Crippen LogP contribution in [0.25, 0.3) is 0 Å². The molecule has 1 aromatic rings. The van der Waals surface area contributed by atoms with Gasteiger partial charge in [-0.25, -0.2) is 0 Å². The molecule has 0 radical (unpaired) electrons. The van der Waals surface area contributed by atoms with Gasteiger partial charge in [0.15, 0.2) is 0 Å². The maximum absolute atomic E-state index is 12.0. The minimum absolute atomic E-state index is 0.335. The number of nitrogens with one attached hydrogen (secondary N) is 2. The first kappa shape index (κ1) is 19.2. The van der Waals surface area contributed by atoms with Gasteiger partial charge in [0.2, 0.25) is 0 Å². The van der Waals surface area contributed by atoms with Gasteiger partial charge in [-0.2, -0.15) is 0 Å². The summed E-state index contributed by atoms with van der Waals surface area (Å²) >= 11 is 0. The minimum Gasteiger partial charge on any atom is -0.494 e. The lowest BCUT2D eigenvalue weighted by molar-refractivity contribution is -0.136. The van der Waals surface area contributed by atoms with Gasteiger partial charge in [-0.3, -0.25) is 14.5 Å². The molecule has 2 rings (SSSR count). The van der Waals surface area contributed by atoms with Crippen LogP contribution in [-0.4, -0.2) is 49.0 Å². The minimum atomic E-state index is -0.638. The molecule has 1 heterocycles. The van der Waals surface area contributed by atoms with Crippen molar-refractivity contribution in [3.63, 3.8) is 0 Å². The molecule has 0 saturated carbocycles. The largest absolute Gasteiger partial charge is 0.494 e. The zero-order valence-electron chi connectivity index (χ0n) is 15.2. The Morgan fingerprint density at radius 2 is 1.96 bits per heavy atom. The first-order chi connectivity index (χ1) is 12.1. The molecular formula is C19H29N3O3. The van der Waals surface area contributed by atoms with Crippen molar-refractivity contribution in [2.75, 3.05) is 31.6 Å². The molecule has 0 spiro atoms. The molecule has 2 N–H and O–H groups in total. The molecule has 0 aliphatic carbocycles. The van der Waals surface area contributed by atoms with Crippen LogP contribution in [0, 0.1) is 0 Å². The van der Waals surface area contributed by atoms with Gasteiger partial charge in [-0.1, -0.05) is 20.3 Å². The summed E-state index contributed by atoms with van der Waals surface area (Å²) in [5.74, 6) is -0.469. The molecule has 1 aromatic carbocycles. The molecule has 1 atom stereocenters. The van der Waals surface area contributed by atoms with Crippen LogP contribution in [0.3, 0.4) is 0 Å². The summed E-state index contributed by atoms with van der Waals surface area (Å²) in [5.41, 5.74) is 0.582. The Hall–Kier alpha value is -2.08. The van der Waals surface area contributed by atoms with Crippen molar-refractivity contribution in [1.82, 2.24) is 10.2 Å². The number of benzene rings is 1. The molecule has 6 nitrogen and oxygen atoms in total. The van der Waals surface area contributed by atoms with Crippen LogP contribution in [-0.2, 0) is 9.59 Å². The molecular weight excluding hydrogens is 318 g/mol. The number of hydrogen-bond donors (Lipinski definition) is 2. The summed E-state index contributed by atoms with van der Waals surface area (Å²) in [7, 11) is 0. The van der Waals surface area contributed by atoms with Crippen LogP contribution >= 0.6 is 0 Å². The lowest BCUT2D eigenvalue weighted by Gasteiger charge is -2.22. The highest BCUT2D eigenvalue weighted by molar-refractivity contribution is 6.39. The number of likely N-dealkylation sites (N-methyl/N-ethyl adjacent to an activating group) is 1. The van der Waals surface area contributed by atoms with Gasteiger partial charge in [0.25, 0.3) is 0 Å². The Morgan fingerprint density at radius 3 is 2.64 bits per heavy atom. The topological polar surface area (TPSA) is 70.7 Å². The van der Waals surface area contributed by atoms with Crippen molar-refractivity contribution in [2.45, 2.75) is 45.6 Å². The molecule has 1 aliphatic rings. The number of nitrogens with zero attached hydrogens (tertiary/aromatic N) is 1. The van der Waals surface area contributed by atoms with Crippen LogP contribution in [0.5, 0.6) is 5.75 Å². The van der Waals surface area contributed by atoms with Crippen molar-refractivity contribution >= 4 is 17.5 Å². The summed E-state index contributed by atoms with van der Waals surface area (Å²) in [6, 6.07) is 7.40. The van der Waals surface area contributed by atoms with Gasteiger partial charge in [-0.05, 0) is 56.6 Å². The van der Waals surface area contributed by atoms with E-state index in [1.54, 1.807) is 24.3 Å². The van der Waals surface area contributed by atoms with Gasteiger partial charge in [0.05, 0.1) is 6.61 Å². The molecule has 2 amide bonds. The lowest BCUT2D eigenvalue weighted by atomic mass is 10.2. The van der Waals surface area contributed by atoms with Crippen molar-refractivity contribution in [3.05, 3.63) is 24.3 Å². The van der Waals surface area contributed by atoms with Gasteiger partial charge in [0.1, 0.15) is 5.75 Å². The van der Waals surface area contributed by atoms with Crippen LogP contribution in [0.2, 0.25) is 0 Å². The number of carbonyl (C=O) groups excluding carboxylic acids is 2. The van der Waals surface area contributed by atoms with Crippen molar-refractivity contribution in [2.24, 2.45) is 0 Å². The number of amides is 2. The smallest absolute Gasteiger partial charge is 0.313 e. The fourth-order valence-electron chi connectivity index (χ4n) is 2.99. The number of unbranched alkanes of at least 4 members (excludes halogenated alkanes) is 1. The Labute approximate surface area is 149 Å². The summed E-state index contributed by atoms with van der Waals surface area (Å²) in [6.07, 6.45) is 4.30. The summed E-state index contributed by atoms with van der Waals surface area (Å²) in [6.45, 7) is 7.46. The highest BCUT2D eigenvalue weighted by Gasteiger charge is 2.24. The monoisotopic (exact) mass is 347 g/mol.